The minimum Gasteiger partial charge on any atom is -0.375 e. The number of nitrogens with two attached hydrogens (primary N) is 1. The van der Waals surface area contributed by atoms with Gasteiger partial charge in [0, 0.05) is 24.3 Å². The molecule has 1 aliphatic carbocycles. The average Bonchev–Trinajstić information content (AvgIpc) is 2.63. The van der Waals surface area contributed by atoms with Gasteiger partial charge in [0.2, 0.25) is 0 Å². The van der Waals surface area contributed by atoms with E-state index in [1.165, 1.54) is 32.1 Å². The van der Waals surface area contributed by atoms with E-state index < -0.39 is 0 Å². The van der Waals surface area contributed by atoms with Crippen LogP contribution in [-0.4, -0.2) is 31.2 Å². The van der Waals surface area contributed by atoms with E-state index in [2.05, 4.69) is 10.3 Å². The second-order valence-corrected chi connectivity index (χ2v) is 6.60. The molecule has 126 valence electrons. The first-order chi connectivity index (χ1) is 11.3. The van der Waals surface area contributed by atoms with Crippen LogP contribution in [0.2, 0.25) is 0 Å². The van der Waals surface area contributed by atoms with Gasteiger partial charge in [0.1, 0.15) is 0 Å². The number of hydrogen-bond donors (Lipinski definition) is 2. The van der Waals surface area contributed by atoms with Gasteiger partial charge in [0.25, 0.3) is 5.91 Å². The number of nitrogen functional groups attached to an aromatic ring is 1. The molecule has 1 saturated carbocycles. The van der Waals surface area contributed by atoms with Crippen LogP contribution < -0.4 is 16.2 Å². The largest absolute Gasteiger partial charge is 0.375 e. The van der Waals surface area contributed by atoms with Crippen LogP contribution in [0.1, 0.15) is 55.3 Å². The minimum atomic E-state index is -0.254. The maximum absolute atomic E-state index is 11.5. The van der Waals surface area contributed by atoms with Crippen LogP contribution in [0.15, 0.2) is 24.3 Å². The van der Waals surface area contributed by atoms with E-state index in [9.17, 15) is 4.79 Å². The minimum absolute atomic E-state index is 0.254. The number of piperidine rings is 1. The number of carbonyl (C=O) groups excluding carboxylic acids is 1. The molecule has 3 N–H and O–H groups in total. The van der Waals surface area contributed by atoms with Gasteiger partial charge >= 0.3 is 0 Å². The normalized spacial score (nSPS) is 20.5. The molecule has 3 rings (SSSR count). The molecule has 0 spiro atoms. The van der Waals surface area contributed by atoms with E-state index in [0.29, 0.717) is 17.8 Å². The molecule has 1 saturated heterocycles. The van der Waals surface area contributed by atoms with Gasteiger partial charge in [0.05, 0.1) is 12.2 Å². The molecular formula is C18H27N3O2. The maximum atomic E-state index is 11.5. The Morgan fingerprint density at radius 3 is 2.22 bits per heavy atom. The predicted octanol–water partition coefficient (Wildman–Crippen LogP) is 2.61. The van der Waals surface area contributed by atoms with Crippen molar-refractivity contribution in [3.63, 3.8) is 0 Å². The third-order valence-corrected chi connectivity index (χ3v) is 5.00. The van der Waals surface area contributed by atoms with Crippen LogP contribution in [0, 0.1) is 0 Å². The molecule has 1 heterocycles. The zero-order chi connectivity index (χ0) is 16.1. The third-order valence-electron chi connectivity index (χ3n) is 5.00. The predicted molar refractivity (Wildman–Crippen MR) is 91.3 cm³/mol. The van der Waals surface area contributed by atoms with Gasteiger partial charge in [0.15, 0.2) is 0 Å². The van der Waals surface area contributed by atoms with Crippen molar-refractivity contribution < 1.29 is 9.53 Å². The molecule has 0 atom stereocenters. The summed E-state index contributed by atoms with van der Waals surface area (Å²) >= 11 is 0. The van der Waals surface area contributed by atoms with Crippen molar-refractivity contribution in [1.82, 2.24) is 5.43 Å². The van der Waals surface area contributed by atoms with Crippen molar-refractivity contribution >= 4 is 11.6 Å². The van der Waals surface area contributed by atoms with E-state index in [4.69, 9.17) is 10.6 Å². The molecule has 5 nitrogen and oxygen atoms in total. The van der Waals surface area contributed by atoms with Gasteiger partial charge in [-0.05, 0) is 49.9 Å². The Morgan fingerprint density at radius 1 is 1.00 bits per heavy atom. The number of rotatable bonds is 4. The summed E-state index contributed by atoms with van der Waals surface area (Å²) in [5.74, 6) is 4.90. The molecule has 2 fully saturated rings. The molecule has 0 radical (unpaired) electrons. The van der Waals surface area contributed by atoms with Crippen LogP contribution in [0.4, 0.5) is 5.69 Å². The summed E-state index contributed by atoms with van der Waals surface area (Å²) in [5.41, 5.74) is 3.91. The van der Waals surface area contributed by atoms with E-state index in [-0.39, 0.29) is 5.91 Å². The highest BCUT2D eigenvalue weighted by molar-refractivity contribution is 5.94. The summed E-state index contributed by atoms with van der Waals surface area (Å²) in [7, 11) is 0. The van der Waals surface area contributed by atoms with Crippen molar-refractivity contribution in [3.05, 3.63) is 29.8 Å². The zero-order valence-electron chi connectivity index (χ0n) is 13.7. The lowest BCUT2D eigenvalue weighted by Gasteiger charge is -2.36. The number of hydrogen-bond acceptors (Lipinski definition) is 4. The van der Waals surface area contributed by atoms with Gasteiger partial charge in [-0.25, -0.2) is 5.84 Å². The average molecular weight is 317 g/mol. The summed E-state index contributed by atoms with van der Waals surface area (Å²) in [4.78, 5) is 13.8. The van der Waals surface area contributed by atoms with Crippen molar-refractivity contribution in [2.24, 2.45) is 5.84 Å². The summed E-state index contributed by atoms with van der Waals surface area (Å²) in [5, 5.41) is 0. The Hall–Kier alpha value is -1.59. The first-order valence-corrected chi connectivity index (χ1v) is 8.77. The first kappa shape index (κ1) is 16.3. The number of nitrogens with one attached hydrogen (secondary N) is 1. The lowest BCUT2D eigenvalue weighted by atomic mass is 9.97. The molecule has 0 unspecified atom stereocenters. The Balaban J connectivity index is 1.49. The quantitative estimate of drug-likeness (QED) is 0.509. The summed E-state index contributed by atoms with van der Waals surface area (Å²) < 4.78 is 6.29. The van der Waals surface area contributed by atoms with Crippen LogP contribution >= 0.6 is 0 Å². The summed E-state index contributed by atoms with van der Waals surface area (Å²) in [6.07, 6.45) is 9.58. The molecule has 0 aromatic heterocycles. The SMILES string of the molecule is NNC(=O)c1ccc(N2CCC(OC3CCCCC3)CC2)cc1. The van der Waals surface area contributed by atoms with E-state index >= 15 is 0 Å². The maximum Gasteiger partial charge on any atom is 0.265 e. The number of anilines is 1. The molecule has 1 aromatic rings. The van der Waals surface area contributed by atoms with Crippen molar-refractivity contribution in [3.8, 4) is 0 Å². The molecule has 0 bridgehead atoms. The second-order valence-electron chi connectivity index (χ2n) is 6.60. The van der Waals surface area contributed by atoms with Gasteiger partial charge in [-0.2, -0.15) is 0 Å². The highest BCUT2D eigenvalue weighted by Crippen LogP contribution is 2.26. The van der Waals surface area contributed by atoms with Crippen LogP contribution in [0.3, 0.4) is 0 Å². The molecule has 5 heteroatoms. The Morgan fingerprint density at radius 2 is 1.61 bits per heavy atom. The lowest BCUT2D eigenvalue weighted by Crippen LogP contribution is -2.38. The Bertz CT molecular complexity index is 504. The fourth-order valence-corrected chi connectivity index (χ4v) is 3.63. The van der Waals surface area contributed by atoms with Gasteiger partial charge in [-0.3, -0.25) is 10.2 Å². The van der Waals surface area contributed by atoms with Gasteiger partial charge in [-0.15, -0.1) is 0 Å². The molecular weight excluding hydrogens is 290 g/mol. The Labute approximate surface area is 138 Å². The standard InChI is InChI=1S/C18H27N3O2/c19-20-18(22)14-6-8-15(9-7-14)21-12-10-17(11-13-21)23-16-4-2-1-3-5-16/h6-9,16-17H,1-5,10-13,19H2,(H,20,22). The second kappa shape index (κ2) is 7.79. The van der Waals surface area contributed by atoms with E-state index in [0.717, 1.165) is 31.6 Å². The number of benzene rings is 1. The van der Waals surface area contributed by atoms with Crippen LogP contribution in [0.5, 0.6) is 0 Å². The van der Waals surface area contributed by atoms with Crippen molar-refractivity contribution in [2.75, 3.05) is 18.0 Å². The first-order valence-electron chi connectivity index (χ1n) is 8.77. The highest BCUT2D eigenvalue weighted by atomic mass is 16.5. The molecule has 1 aromatic carbocycles. The topological polar surface area (TPSA) is 67.6 Å². The van der Waals surface area contributed by atoms with E-state index in [1.807, 2.05) is 24.3 Å². The number of ether oxygens (including phenoxy) is 1. The third kappa shape index (κ3) is 4.24. The van der Waals surface area contributed by atoms with Crippen molar-refractivity contribution in [2.45, 2.75) is 57.2 Å². The molecule has 1 amide bonds. The zero-order valence-corrected chi connectivity index (χ0v) is 13.7. The summed E-state index contributed by atoms with van der Waals surface area (Å²) in [6, 6.07) is 7.63. The van der Waals surface area contributed by atoms with E-state index in [1.54, 1.807) is 0 Å². The van der Waals surface area contributed by atoms with Crippen molar-refractivity contribution in [1.29, 1.82) is 0 Å². The summed E-state index contributed by atoms with van der Waals surface area (Å²) in [6.45, 7) is 2.03. The number of nitrogens with zero attached hydrogens (tertiary/aromatic N) is 1. The van der Waals surface area contributed by atoms with Gasteiger partial charge in [-0.1, -0.05) is 19.3 Å². The fraction of sp³-hybridized carbons (Fsp3) is 0.611. The number of carbonyl (C=O) groups is 1. The fourth-order valence-electron chi connectivity index (χ4n) is 3.63. The lowest BCUT2D eigenvalue weighted by molar-refractivity contribution is -0.0395. The molecule has 1 aliphatic heterocycles. The number of hydrazine groups is 1. The highest BCUT2D eigenvalue weighted by Gasteiger charge is 2.24. The Kier molecular flexibility index (Phi) is 5.51. The monoisotopic (exact) mass is 317 g/mol. The van der Waals surface area contributed by atoms with Crippen LogP contribution in [-0.2, 0) is 4.74 Å². The van der Waals surface area contributed by atoms with Crippen LogP contribution in [0.25, 0.3) is 0 Å². The number of amides is 1. The molecule has 23 heavy (non-hydrogen) atoms. The van der Waals surface area contributed by atoms with Gasteiger partial charge < -0.3 is 9.64 Å². The smallest absolute Gasteiger partial charge is 0.265 e. The molecule has 2 aliphatic rings.